The van der Waals surface area contributed by atoms with Crippen LogP contribution in [0, 0.1) is 0 Å². The summed E-state index contributed by atoms with van der Waals surface area (Å²) in [7, 11) is 0. The van der Waals surface area contributed by atoms with Crippen molar-refractivity contribution in [2.24, 2.45) is 5.73 Å². The molecule has 4 heteroatoms. The maximum atomic E-state index is 10.8. The summed E-state index contributed by atoms with van der Waals surface area (Å²) in [6.45, 7) is 5.18. The van der Waals surface area contributed by atoms with Crippen LogP contribution in [0.2, 0.25) is 0 Å². The van der Waals surface area contributed by atoms with Gasteiger partial charge in [0.2, 0.25) is 6.41 Å². The molecule has 0 aromatic rings. The molecule has 0 aliphatic heterocycles. The van der Waals surface area contributed by atoms with E-state index in [1.807, 2.05) is 0 Å². The van der Waals surface area contributed by atoms with Gasteiger partial charge in [-0.15, -0.1) is 0 Å². The van der Waals surface area contributed by atoms with E-state index in [0.29, 0.717) is 6.54 Å². The Balaban J connectivity index is 0. The molecular formula is C27H57N2NaO. The van der Waals surface area contributed by atoms with E-state index in [4.69, 9.17) is 5.73 Å². The molecule has 0 atom stereocenters. The van der Waals surface area contributed by atoms with Crippen LogP contribution in [-0.4, -0.2) is 48.1 Å². The molecule has 0 rings (SSSR count). The Labute approximate surface area is 218 Å². The van der Waals surface area contributed by atoms with Gasteiger partial charge in [-0.2, -0.15) is 0 Å². The maximum absolute atomic E-state index is 10.8. The van der Waals surface area contributed by atoms with Gasteiger partial charge in [-0.3, -0.25) is 4.79 Å². The molecule has 3 nitrogen and oxygen atoms in total. The summed E-state index contributed by atoms with van der Waals surface area (Å²) in [5.74, 6) is 0. The molecule has 0 radical (unpaired) electrons. The van der Waals surface area contributed by atoms with Gasteiger partial charge < -0.3 is 11.1 Å². The third kappa shape index (κ3) is 24.9. The van der Waals surface area contributed by atoms with Gasteiger partial charge in [0.05, 0.1) is 0 Å². The van der Waals surface area contributed by atoms with Gasteiger partial charge in [0.1, 0.15) is 0 Å². The summed E-state index contributed by atoms with van der Waals surface area (Å²) < 4.78 is 0. The monoisotopic (exact) mass is 448 g/mol. The molecule has 182 valence electrons. The van der Waals surface area contributed by atoms with Gasteiger partial charge in [-0.05, 0) is 12.8 Å². The SMILES string of the molecule is CCCCCCCCCCCCC(N)(CCCCCCCCCCCC)CNC=O.[NaH]. The Hall–Kier alpha value is 0.430. The van der Waals surface area contributed by atoms with E-state index < -0.39 is 0 Å². The van der Waals surface area contributed by atoms with Gasteiger partial charge in [0.15, 0.2) is 0 Å². The van der Waals surface area contributed by atoms with Crippen LogP contribution in [0.1, 0.15) is 155 Å². The summed E-state index contributed by atoms with van der Waals surface area (Å²) in [5.41, 5.74) is 6.47. The number of amides is 1. The average molecular weight is 449 g/mol. The van der Waals surface area contributed by atoms with Crippen molar-refractivity contribution in [3.63, 3.8) is 0 Å². The Kier molecular flexibility index (Phi) is 28.9. The van der Waals surface area contributed by atoms with E-state index in [0.717, 1.165) is 19.3 Å². The number of carbonyl (C=O) groups excluding carboxylic acids is 1. The number of carbonyl (C=O) groups is 1. The Morgan fingerprint density at radius 1 is 0.581 bits per heavy atom. The molecule has 0 heterocycles. The summed E-state index contributed by atoms with van der Waals surface area (Å²) >= 11 is 0. The molecule has 0 aromatic heterocycles. The summed E-state index contributed by atoms with van der Waals surface area (Å²) in [5, 5.41) is 2.85. The van der Waals surface area contributed by atoms with Crippen molar-refractivity contribution in [2.45, 2.75) is 161 Å². The van der Waals surface area contributed by atoms with Crippen LogP contribution >= 0.6 is 0 Å². The molecule has 0 saturated heterocycles. The van der Waals surface area contributed by atoms with E-state index in [-0.39, 0.29) is 35.1 Å². The first-order valence-electron chi connectivity index (χ1n) is 13.6. The van der Waals surface area contributed by atoms with Crippen molar-refractivity contribution in [3.8, 4) is 0 Å². The molecule has 1 amide bonds. The number of hydrogen-bond acceptors (Lipinski definition) is 2. The molecule has 3 N–H and O–H groups in total. The van der Waals surface area contributed by atoms with Crippen LogP contribution in [0.5, 0.6) is 0 Å². The van der Waals surface area contributed by atoms with Crippen molar-refractivity contribution in [3.05, 3.63) is 0 Å². The van der Waals surface area contributed by atoms with E-state index in [9.17, 15) is 4.79 Å². The number of nitrogens with two attached hydrogens (primary N) is 1. The van der Waals surface area contributed by atoms with Crippen molar-refractivity contribution in [2.75, 3.05) is 6.54 Å². The predicted octanol–water partition coefficient (Wildman–Crippen LogP) is 7.40. The number of nitrogens with one attached hydrogen (secondary N) is 1. The van der Waals surface area contributed by atoms with Gasteiger partial charge in [-0.25, -0.2) is 0 Å². The average Bonchev–Trinajstić information content (AvgIpc) is 2.75. The summed E-state index contributed by atoms with van der Waals surface area (Å²) in [4.78, 5) is 10.8. The van der Waals surface area contributed by atoms with Crippen LogP contribution in [0.25, 0.3) is 0 Å². The second-order valence-electron chi connectivity index (χ2n) is 9.73. The Bertz CT molecular complexity index is 328. The molecule has 0 spiro atoms. The van der Waals surface area contributed by atoms with E-state index in [1.54, 1.807) is 0 Å². The Morgan fingerprint density at radius 3 is 1.16 bits per heavy atom. The molecule has 0 bridgehead atoms. The standard InChI is InChI=1S/C27H56N2O.Na.H/c1-3-5-7-9-11-13-15-17-19-21-23-27(28,25-29-26-30)24-22-20-18-16-14-12-10-8-6-4-2;;/h26H,3-25,28H2,1-2H3,(H,29,30);;. The van der Waals surface area contributed by atoms with Crippen molar-refractivity contribution >= 4 is 36.0 Å². The van der Waals surface area contributed by atoms with Crippen LogP contribution in [-0.2, 0) is 4.79 Å². The fourth-order valence-corrected chi connectivity index (χ4v) is 4.48. The van der Waals surface area contributed by atoms with Crippen molar-refractivity contribution in [1.82, 2.24) is 5.32 Å². The second kappa shape index (κ2) is 26.7. The van der Waals surface area contributed by atoms with E-state index >= 15 is 0 Å². The van der Waals surface area contributed by atoms with E-state index in [2.05, 4.69) is 19.2 Å². The summed E-state index contributed by atoms with van der Waals surface area (Å²) in [6.07, 6.45) is 30.0. The zero-order valence-corrected chi connectivity index (χ0v) is 20.8. The van der Waals surface area contributed by atoms with Crippen LogP contribution in [0.3, 0.4) is 0 Å². The zero-order chi connectivity index (χ0) is 22.2. The van der Waals surface area contributed by atoms with Crippen LogP contribution < -0.4 is 11.1 Å². The zero-order valence-electron chi connectivity index (χ0n) is 20.8. The summed E-state index contributed by atoms with van der Waals surface area (Å²) in [6, 6.07) is 0. The molecule has 31 heavy (non-hydrogen) atoms. The fourth-order valence-electron chi connectivity index (χ4n) is 4.48. The predicted molar refractivity (Wildman–Crippen MR) is 141 cm³/mol. The van der Waals surface area contributed by atoms with Crippen molar-refractivity contribution in [1.29, 1.82) is 0 Å². The molecule has 0 saturated carbocycles. The first-order chi connectivity index (χ1) is 14.7. The minimum absolute atomic E-state index is 0. The minimum atomic E-state index is -0.207. The second-order valence-corrected chi connectivity index (χ2v) is 9.73. The molecule has 0 aliphatic rings. The molecular weight excluding hydrogens is 391 g/mol. The molecule has 0 fully saturated rings. The van der Waals surface area contributed by atoms with Gasteiger partial charge in [0.25, 0.3) is 0 Å². The van der Waals surface area contributed by atoms with E-state index in [1.165, 1.54) is 128 Å². The van der Waals surface area contributed by atoms with Crippen LogP contribution in [0.15, 0.2) is 0 Å². The quantitative estimate of drug-likeness (QED) is 0.0868. The molecule has 0 aromatic carbocycles. The first kappa shape index (κ1) is 33.6. The van der Waals surface area contributed by atoms with Crippen molar-refractivity contribution < 1.29 is 4.79 Å². The number of hydrogen-bond donors (Lipinski definition) is 2. The van der Waals surface area contributed by atoms with Gasteiger partial charge in [-0.1, -0.05) is 142 Å². The number of rotatable bonds is 25. The number of unbranched alkanes of at least 4 members (excludes halogenated alkanes) is 18. The molecule has 0 aliphatic carbocycles. The van der Waals surface area contributed by atoms with Crippen LogP contribution in [0.4, 0.5) is 0 Å². The normalized spacial score (nSPS) is 11.3. The molecule has 0 unspecified atom stereocenters. The third-order valence-corrected chi connectivity index (χ3v) is 6.59. The van der Waals surface area contributed by atoms with Gasteiger partial charge in [0, 0.05) is 12.1 Å². The van der Waals surface area contributed by atoms with Gasteiger partial charge >= 0.3 is 29.6 Å². The Morgan fingerprint density at radius 2 is 0.871 bits per heavy atom. The topological polar surface area (TPSA) is 55.1 Å². The fraction of sp³-hybridized carbons (Fsp3) is 0.963. The first-order valence-corrected chi connectivity index (χ1v) is 13.6. The third-order valence-electron chi connectivity index (χ3n) is 6.59.